The minimum absolute atomic E-state index is 0.163. The summed E-state index contributed by atoms with van der Waals surface area (Å²) in [6.07, 6.45) is 1.50. The van der Waals surface area contributed by atoms with Crippen LogP contribution in [0.3, 0.4) is 0 Å². The molecule has 25 heavy (non-hydrogen) atoms. The average Bonchev–Trinajstić information content (AvgIpc) is 3.10. The zero-order valence-corrected chi connectivity index (χ0v) is 14.9. The number of nitrogens with one attached hydrogen (secondary N) is 1. The van der Waals surface area contributed by atoms with Gasteiger partial charge in [-0.2, -0.15) is 0 Å². The van der Waals surface area contributed by atoms with Crippen molar-refractivity contribution in [1.82, 2.24) is 14.9 Å². The quantitative estimate of drug-likeness (QED) is 0.680. The summed E-state index contributed by atoms with van der Waals surface area (Å²) in [5.74, 6) is -0.163. The highest BCUT2D eigenvalue weighted by Crippen LogP contribution is 2.25. The second-order valence-electron chi connectivity index (χ2n) is 5.93. The second kappa shape index (κ2) is 8.18. The minimum atomic E-state index is -0.624. The first kappa shape index (κ1) is 17.5. The molecule has 3 rings (SSSR count). The standard InChI is InChI=1S/C19H21N3O2S/c1-2-6-16-18(25-22-21-16)19(24)20-12-11-17(23)15-10-5-8-13-7-3-4-9-14(13)15/h3-5,7-10,17,23H,2,6,11-12H2,1H3,(H,20,24). The fourth-order valence-corrected chi connectivity index (χ4v) is 3.51. The van der Waals surface area contributed by atoms with Crippen molar-refractivity contribution < 1.29 is 9.90 Å². The molecule has 0 spiro atoms. The number of fused-ring (bicyclic) bond motifs is 1. The maximum Gasteiger partial charge on any atom is 0.264 e. The molecular formula is C19H21N3O2S. The van der Waals surface area contributed by atoms with Crippen molar-refractivity contribution in [2.45, 2.75) is 32.3 Å². The highest BCUT2D eigenvalue weighted by Gasteiger charge is 2.16. The van der Waals surface area contributed by atoms with Gasteiger partial charge in [-0.3, -0.25) is 4.79 Å². The number of benzene rings is 2. The van der Waals surface area contributed by atoms with Crippen LogP contribution >= 0.6 is 11.5 Å². The number of aryl methyl sites for hydroxylation is 1. The Labute approximate surface area is 150 Å². The van der Waals surface area contributed by atoms with E-state index in [4.69, 9.17) is 0 Å². The molecule has 1 atom stereocenters. The molecule has 0 saturated carbocycles. The molecule has 0 aliphatic heterocycles. The molecule has 0 aliphatic rings. The highest BCUT2D eigenvalue weighted by atomic mass is 32.1. The van der Waals surface area contributed by atoms with Crippen LogP contribution in [0.4, 0.5) is 0 Å². The number of rotatable bonds is 7. The SMILES string of the molecule is CCCc1nnsc1C(=O)NCCC(O)c1cccc2ccccc12. The van der Waals surface area contributed by atoms with Gasteiger partial charge >= 0.3 is 0 Å². The number of hydrogen-bond acceptors (Lipinski definition) is 5. The van der Waals surface area contributed by atoms with Crippen LogP contribution in [0.1, 0.15) is 46.8 Å². The van der Waals surface area contributed by atoms with Crippen LogP contribution in [-0.2, 0) is 6.42 Å². The van der Waals surface area contributed by atoms with E-state index in [0.29, 0.717) is 17.8 Å². The summed E-state index contributed by atoms with van der Waals surface area (Å²) in [5, 5.41) is 19.5. The molecule has 0 saturated heterocycles. The van der Waals surface area contributed by atoms with Gasteiger partial charge in [0.1, 0.15) is 4.88 Å². The maximum absolute atomic E-state index is 12.3. The Morgan fingerprint density at radius 3 is 2.88 bits per heavy atom. The van der Waals surface area contributed by atoms with Crippen molar-refractivity contribution in [3.8, 4) is 0 Å². The predicted molar refractivity (Wildman–Crippen MR) is 99.8 cm³/mol. The summed E-state index contributed by atoms with van der Waals surface area (Å²) in [6.45, 7) is 2.44. The van der Waals surface area contributed by atoms with Crippen LogP contribution in [0, 0.1) is 0 Å². The Morgan fingerprint density at radius 1 is 1.24 bits per heavy atom. The van der Waals surface area contributed by atoms with Crippen molar-refractivity contribution in [3.63, 3.8) is 0 Å². The summed E-state index contributed by atoms with van der Waals surface area (Å²) in [7, 11) is 0. The molecular weight excluding hydrogens is 334 g/mol. The van der Waals surface area contributed by atoms with E-state index in [-0.39, 0.29) is 5.91 Å². The van der Waals surface area contributed by atoms with Crippen molar-refractivity contribution in [2.75, 3.05) is 6.54 Å². The van der Waals surface area contributed by atoms with Crippen molar-refractivity contribution in [3.05, 3.63) is 58.6 Å². The van der Waals surface area contributed by atoms with Crippen LogP contribution in [0.15, 0.2) is 42.5 Å². The van der Waals surface area contributed by atoms with Gasteiger partial charge in [0.25, 0.3) is 5.91 Å². The van der Waals surface area contributed by atoms with E-state index < -0.39 is 6.10 Å². The third kappa shape index (κ3) is 4.03. The molecule has 1 unspecified atom stereocenters. The summed E-state index contributed by atoms with van der Waals surface area (Å²) < 4.78 is 3.87. The number of carbonyl (C=O) groups excluding carboxylic acids is 1. The van der Waals surface area contributed by atoms with Crippen LogP contribution in [0.5, 0.6) is 0 Å². The van der Waals surface area contributed by atoms with E-state index >= 15 is 0 Å². The van der Waals surface area contributed by atoms with Gasteiger partial charge in [0.15, 0.2) is 0 Å². The van der Waals surface area contributed by atoms with Crippen LogP contribution in [0.2, 0.25) is 0 Å². The summed E-state index contributed by atoms with van der Waals surface area (Å²) in [5.41, 5.74) is 1.64. The van der Waals surface area contributed by atoms with Gasteiger partial charge in [-0.25, -0.2) is 0 Å². The zero-order chi connectivity index (χ0) is 17.6. The number of carbonyl (C=O) groups is 1. The first-order valence-corrected chi connectivity index (χ1v) is 9.23. The Balaban J connectivity index is 1.61. The van der Waals surface area contributed by atoms with Crippen LogP contribution in [0.25, 0.3) is 10.8 Å². The number of hydrogen-bond donors (Lipinski definition) is 2. The van der Waals surface area contributed by atoms with Gasteiger partial charge in [-0.15, -0.1) is 5.10 Å². The van der Waals surface area contributed by atoms with E-state index in [9.17, 15) is 9.90 Å². The first-order chi connectivity index (χ1) is 12.2. The molecule has 130 valence electrons. The molecule has 3 aromatic rings. The molecule has 1 aromatic heterocycles. The average molecular weight is 355 g/mol. The van der Waals surface area contributed by atoms with Gasteiger partial charge in [-0.1, -0.05) is 60.3 Å². The topological polar surface area (TPSA) is 75.1 Å². The van der Waals surface area contributed by atoms with Gasteiger partial charge in [0.05, 0.1) is 11.8 Å². The molecule has 2 aromatic carbocycles. The van der Waals surface area contributed by atoms with E-state index in [1.165, 1.54) is 0 Å². The van der Waals surface area contributed by atoms with Gasteiger partial charge in [-0.05, 0) is 40.7 Å². The largest absolute Gasteiger partial charge is 0.388 e. The molecule has 6 heteroatoms. The zero-order valence-electron chi connectivity index (χ0n) is 14.1. The van der Waals surface area contributed by atoms with E-state index in [0.717, 1.165) is 46.4 Å². The molecule has 0 aliphatic carbocycles. The third-order valence-corrected chi connectivity index (χ3v) is 4.90. The summed E-state index contributed by atoms with van der Waals surface area (Å²) in [6, 6.07) is 13.9. The Morgan fingerprint density at radius 2 is 2.04 bits per heavy atom. The molecule has 0 bridgehead atoms. The van der Waals surface area contributed by atoms with Crippen molar-refractivity contribution in [1.29, 1.82) is 0 Å². The number of aliphatic hydroxyl groups is 1. The third-order valence-electron chi connectivity index (χ3n) is 4.13. The lowest BCUT2D eigenvalue weighted by molar-refractivity contribution is 0.0946. The summed E-state index contributed by atoms with van der Waals surface area (Å²) >= 11 is 1.12. The van der Waals surface area contributed by atoms with Crippen LogP contribution in [-0.4, -0.2) is 27.1 Å². The first-order valence-electron chi connectivity index (χ1n) is 8.46. The fourth-order valence-electron chi connectivity index (χ4n) is 2.88. The molecule has 5 nitrogen and oxygen atoms in total. The molecule has 1 heterocycles. The van der Waals surface area contributed by atoms with Crippen molar-refractivity contribution in [2.24, 2.45) is 0 Å². The maximum atomic E-state index is 12.3. The van der Waals surface area contributed by atoms with Crippen LogP contribution < -0.4 is 5.32 Å². The Bertz CT molecular complexity index is 857. The molecule has 0 fully saturated rings. The van der Waals surface area contributed by atoms with E-state index in [1.807, 2.05) is 49.4 Å². The molecule has 0 radical (unpaired) electrons. The van der Waals surface area contributed by atoms with Gasteiger partial charge < -0.3 is 10.4 Å². The lowest BCUT2D eigenvalue weighted by atomic mass is 9.99. The predicted octanol–water partition coefficient (Wildman–Crippen LogP) is 3.50. The monoisotopic (exact) mass is 355 g/mol. The molecule has 2 N–H and O–H groups in total. The summed E-state index contributed by atoms with van der Waals surface area (Å²) in [4.78, 5) is 12.8. The number of aliphatic hydroxyl groups excluding tert-OH is 1. The van der Waals surface area contributed by atoms with Gasteiger partial charge in [0, 0.05) is 6.54 Å². The minimum Gasteiger partial charge on any atom is -0.388 e. The Hall–Kier alpha value is -2.31. The lowest BCUT2D eigenvalue weighted by Crippen LogP contribution is -2.25. The van der Waals surface area contributed by atoms with Crippen molar-refractivity contribution >= 4 is 28.2 Å². The number of amides is 1. The lowest BCUT2D eigenvalue weighted by Gasteiger charge is -2.14. The smallest absolute Gasteiger partial charge is 0.264 e. The molecule has 1 amide bonds. The van der Waals surface area contributed by atoms with Gasteiger partial charge in [0.2, 0.25) is 0 Å². The fraction of sp³-hybridized carbons (Fsp3) is 0.316. The number of aromatic nitrogens is 2. The highest BCUT2D eigenvalue weighted by molar-refractivity contribution is 7.08. The normalized spacial score (nSPS) is 12.2. The second-order valence-corrected chi connectivity index (χ2v) is 6.68. The Kier molecular flexibility index (Phi) is 5.73. The number of nitrogens with zero attached hydrogens (tertiary/aromatic N) is 2. The van der Waals surface area contributed by atoms with E-state index in [2.05, 4.69) is 14.9 Å². The van der Waals surface area contributed by atoms with E-state index in [1.54, 1.807) is 0 Å².